The monoisotopic (exact) mass is 386 g/mol. The van der Waals surface area contributed by atoms with Crippen LogP contribution in [0, 0.1) is 11.3 Å². The Kier molecular flexibility index (Phi) is 7.63. The number of aliphatic hydroxyl groups is 2. The number of benzene rings is 2. The predicted molar refractivity (Wildman–Crippen MR) is 99.6 cm³/mol. The van der Waals surface area contributed by atoms with Crippen LogP contribution in [-0.2, 0) is 11.3 Å². The van der Waals surface area contributed by atoms with Crippen LogP contribution in [0.4, 0.5) is 4.79 Å². The Balaban J connectivity index is 1.86. The van der Waals surface area contributed by atoms with E-state index in [4.69, 9.17) is 14.7 Å². The molecule has 0 spiro atoms. The number of hydrogen-bond donors (Lipinski definition) is 4. The molecule has 2 unspecified atom stereocenters. The zero-order chi connectivity index (χ0) is 20.5. The fraction of sp³-hybridized carbons (Fsp3) is 0.300. The maximum atomic E-state index is 11.7. The van der Waals surface area contributed by atoms with Crippen molar-refractivity contribution in [1.82, 2.24) is 5.32 Å². The summed E-state index contributed by atoms with van der Waals surface area (Å²) in [5.74, 6) is -0.341. The zero-order valence-electron chi connectivity index (χ0n) is 15.3. The lowest BCUT2D eigenvalue weighted by Crippen LogP contribution is -2.29. The fourth-order valence-electron chi connectivity index (χ4n) is 2.54. The summed E-state index contributed by atoms with van der Waals surface area (Å²) in [4.78, 5) is 11.7. The van der Waals surface area contributed by atoms with Crippen LogP contribution in [0.2, 0.25) is 0 Å². The molecule has 148 valence electrons. The van der Waals surface area contributed by atoms with Crippen molar-refractivity contribution in [2.75, 3.05) is 13.7 Å². The number of phenolic OH excluding ortho intramolecular Hbond substituents is 1. The Bertz CT molecular complexity index is 835. The van der Waals surface area contributed by atoms with E-state index < -0.39 is 18.3 Å². The molecule has 2 rings (SSSR count). The molecule has 8 heteroatoms. The van der Waals surface area contributed by atoms with Crippen LogP contribution in [0.15, 0.2) is 42.5 Å². The number of ether oxygens (including phenoxy) is 2. The Morgan fingerprint density at radius 2 is 1.96 bits per heavy atom. The molecule has 0 fully saturated rings. The van der Waals surface area contributed by atoms with Gasteiger partial charge in [-0.05, 0) is 18.1 Å². The molecule has 2 aromatic carbocycles. The van der Waals surface area contributed by atoms with Gasteiger partial charge in [-0.2, -0.15) is 5.26 Å². The molecule has 0 aliphatic heterocycles. The van der Waals surface area contributed by atoms with Crippen molar-refractivity contribution in [3.05, 3.63) is 59.2 Å². The van der Waals surface area contributed by atoms with E-state index in [1.165, 1.54) is 19.2 Å². The first-order valence-electron chi connectivity index (χ1n) is 8.58. The molecule has 0 bridgehead atoms. The molecule has 2 aromatic rings. The number of alkyl carbamates (subject to hydrolysis) is 1. The lowest BCUT2D eigenvalue weighted by molar-refractivity contribution is 0.0121. The van der Waals surface area contributed by atoms with Crippen molar-refractivity contribution in [2.45, 2.75) is 25.2 Å². The summed E-state index contributed by atoms with van der Waals surface area (Å²) in [6.07, 6.45) is -3.41. The summed E-state index contributed by atoms with van der Waals surface area (Å²) in [5.41, 5.74) is 0.975. The Morgan fingerprint density at radius 1 is 1.25 bits per heavy atom. The van der Waals surface area contributed by atoms with Crippen LogP contribution < -0.4 is 10.1 Å². The molecule has 0 saturated carbocycles. The lowest BCUT2D eigenvalue weighted by Gasteiger charge is -2.20. The predicted octanol–water partition coefficient (Wildman–Crippen LogP) is 1.98. The van der Waals surface area contributed by atoms with Gasteiger partial charge in [-0.3, -0.25) is 0 Å². The van der Waals surface area contributed by atoms with E-state index in [0.29, 0.717) is 0 Å². The quantitative estimate of drug-likeness (QED) is 0.545. The normalized spacial score (nSPS) is 12.5. The van der Waals surface area contributed by atoms with Crippen LogP contribution in [0.3, 0.4) is 0 Å². The summed E-state index contributed by atoms with van der Waals surface area (Å²) in [6, 6.07) is 13.7. The molecule has 0 aliphatic carbocycles. The highest BCUT2D eigenvalue weighted by atomic mass is 16.5. The maximum absolute atomic E-state index is 11.7. The van der Waals surface area contributed by atoms with E-state index in [1.54, 1.807) is 0 Å². The number of nitriles is 1. The third-order valence-electron chi connectivity index (χ3n) is 4.06. The average molecular weight is 386 g/mol. The van der Waals surface area contributed by atoms with Crippen LogP contribution in [0.5, 0.6) is 11.5 Å². The topological polar surface area (TPSA) is 132 Å². The molecule has 0 radical (unpaired) electrons. The average Bonchev–Trinajstić information content (AvgIpc) is 2.72. The first-order valence-corrected chi connectivity index (χ1v) is 8.58. The molecular formula is C20H22N2O6. The number of phenols is 1. The number of amides is 1. The van der Waals surface area contributed by atoms with Gasteiger partial charge in [0.25, 0.3) is 0 Å². The third-order valence-corrected chi connectivity index (χ3v) is 4.06. The second-order valence-corrected chi connectivity index (χ2v) is 6.02. The molecule has 0 aliphatic rings. The highest BCUT2D eigenvalue weighted by Gasteiger charge is 2.24. The number of hydrogen-bond acceptors (Lipinski definition) is 7. The van der Waals surface area contributed by atoms with Crippen molar-refractivity contribution in [1.29, 1.82) is 5.26 Å². The largest absolute Gasteiger partial charge is 0.504 e. The number of methoxy groups -OCH3 is 1. The highest BCUT2D eigenvalue weighted by Crippen LogP contribution is 2.36. The minimum Gasteiger partial charge on any atom is -0.504 e. The van der Waals surface area contributed by atoms with Crippen molar-refractivity contribution in [3.63, 3.8) is 0 Å². The van der Waals surface area contributed by atoms with E-state index in [2.05, 4.69) is 5.32 Å². The van der Waals surface area contributed by atoms with Gasteiger partial charge in [-0.15, -0.1) is 0 Å². The van der Waals surface area contributed by atoms with Crippen LogP contribution in [0.1, 0.15) is 29.2 Å². The standard InChI is InChI=1S/C20H22N2O6/c1-27-17-10-14(11-21)9-15(19(17)25)18(24)16(23)7-8-22-20(26)28-12-13-5-3-2-4-6-13/h2-6,9-10,16,18,23-25H,7-8,12H2,1H3,(H,22,26). The number of aromatic hydroxyl groups is 1. The van der Waals surface area contributed by atoms with Gasteiger partial charge in [-0.25, -0.2) is 4.79 Å². The number of nitrogens with one attached hydrogen (secondary N) is 1. The Labute approximate surface area is 162 Å². The number of aliphatic hydroxyl groups excluding tert-OH is 2. The van der Waals surface area contributed by atoms with Crippen molar-refractivity contribution in [2.24, 2.45) is 0 Å². The minimum absolute atomic E-state index is 0.000139. The Hall–Kier alpha value is -3.28. The second kappa shape index (κ2) is 10.2. The first-order chi connectivity index (χ1) is 13.5. The van der Waals surface area contributed by atoms with Crippen LogP contribution in [0.25, 0.3) is 0 Å². The SMILES string of the molecule is COc1cc(C#N)cc(C(O)C(O)CCNC(=O)OCc2ccccc2)c1O. The van der Waals surface area contributed by atoms with E-state index in [1.807, 2.05) is 36.4 Å². The van der Waals surface area contributed by atoms with Gasteiger partial charge in [0.2, 0.25) is 0 Å². The summed E-state index contributed by atoms with van der Waals surface area (Å²) in [6.45, 7) is 0.161. The minimum atomic E-state index is -1.47. The molecular weight excluding hydrogens is 364 g/mol. The van der Waals surface area contributed by atoms with E-state index in [9.17, 15) is 20.1 Å². The molecule has 4 N–H and O–H groups in total. The highest BCUT2D eigenvalue weighted by molar-refractivity contribution is 5.67. The van der Waals surface area contributed by atoms with Crippen LogP contribution >= 0.6 is 0 Å². The fourth-order valence-corrected chi connectivity index (χ4v) is 2.54. The number of carbonyl (C=O) groups excluding carboxylic acids is 1. The van der Waals surface area contributed by atoms with Gasteiger partial charge < -0.3 is 30.1 Å². The first kappa shape index (κ1) is 21.0. The van der Waals surface area contributed by atoms with E-state index in [-0.39, 0.29) is 42.2 Å². The summed E-state index contributed by atoms with van der Waals surface area (Å²) in [5, 5.41) is 42.1. The smallest absolute Gasteiger partial charge is 0.407 e. The third kappa shape index (κ3) is 5.61. The summed E-state index contributed by atoms with van der Waals surface area (Å²) >= 11 is 0. The molecule has 8 nitrogen and oxygen atoms in total. The zero-order valence-corrected chi connectivity index (χ0v) is 15.3. The number of nitrogens with zero attached hydrogens (tertiary/aromatic N) is 1. The van der Waals surface area contributed by atoms with Gasteiger partial charge >= 0.3 is 6.09 Å². The molecule has 0 aromatic heterocycles. The molecule has 28 heavy (non-hydrogen) atoms. The van der Waals surface area contributed by atoms with Crippen molar-refractivity contribution in [3.8, 4) is 17.6 Å². The number of carbonyl (C=O) groups is 1. The van der Waals surface area contributed by atoms with Crippen molar-refractivity contribution < 1.29 is 29.6 Å². The van der Waals surface area contributed by atoms with Gasteiger partial charge in [-0.1, -0.05) is 30.3 Å². The van der Waals surface area contributed by atoms with Crippen LogP contribution in [-0.4, -0.2) is 41.2 Å². The second-order valence-electron chi connectivity index (χ2n) is 6.02. The van der Waals surface area contributed by atoms with E-state index >= 15 is 0 Å². The number of rotatable bonds is 8. The van der Waals surface area contributed by atoms with Gasteiger partial charge in [0.1, 0.15) is 12.7 Å². The molecule has 0 heterocycles. The molecule has 0 saturated heterocycles. The van der Waals surface area contributed by atoms with E-state index in [0.717, 1.165) is 5.56 Å². The van der Waals surface area contributed by atoms with Gasteiger partial charge in [0.05, 0.1) is 24.8 Å². The summed E-state index contributed by atoms with van der Waals surface area (Å²) < 4.78 is 10.0. The van der Waals surface area contributed by atoms with Crippen molar-refractivity contribution >= 4 is 6.09 Å². The Morgan fingerprint density at radius 3 is 2.61 bits per heavy atom. The van der Waals surface area contributed by atoms with Gasteiger partial charge in [0, 0.05) is 18.2 Å². The molecule has 2 atom stereocenters. The lowest BCUT2D eigenvalue weighted by atomic mass is 9.98. The maximum Gasteiger partial charge on any atom is 0.407 e. The summed E-state index contributed by atoms with van der Waals surface area (Å²) in [7, 11) is 1.31. The van der Waals surface area contributed by atoms with Gasteiger partial charge in [0.15, 0.2) is 11.5 Å². The molecule has 1 amide bonds.